The Morgan fingerprint density at radius 2 is 1.91 bits per heavy atom. The summed E-state index contributed by atoms with van der Waals surface area (Å²) in [6.45, 7) is 5.99. The van der Waals surface area contributed by atoms with Gasteiger partial charge in [-0.3, -0.25) is 14.6 Å². The maximum absolute atomic E-state index is 12.2. The Bertz CT molecular complexity index is 585. The number of rotatable bonds is 5. The minimum atomic E-state index is -0.767. The Morgan fingerprint density at radius 1 is 1.17 bits per heavy atom. The monoisotopic (exact) mass is 315 g/mol. The molecule has 0 radical (unpaired) electrons. The topological polar surface area (TPSA) is 52.7 Å². The maximum Gasteiger partial charge on any atom is 0.325 e. The van der Waals surface area contributed by atoms with Gasteiger partial charge in [0.05, 0.1) is 0 Å². The van der Waals surface area contributed by atoms with E-state index in [1.54, 1.807) is 13.8 Å². The molecule has 23 heavy (non-hydrogen) atoms. The van der Waals surface area contributed by atoms with E-state index in [4.69, 9.17) is 0 Å². The third-order valence-corrected chi connectivity index (χ3v) is 4.82. The summed E-state index contributed by atoms with van der Waals surface area (Å²) >= 11 is 0. The Balaban J connectivity index is 1.55. The van der Waals surface area contributed by atoms with E-state index in [1.807, 2.05) is 6.07 Å². The van der Waals surface area contributed by atoms with Crippen LogP contribution in [0.4, 0.5) is 4.79 Å². The van der Waals surface area contributed by atoms with Gasteiger partial charge in [0, 0.05) is 19.1 Å². The minimum Gasteiger partial charge on any atom is -0.324 e. The summed E-state index contributed by atoms with van der Waals surface area (Å²) in [5.74, 6) is -0.122. The molecule has 1 atom stereocenters. The molecule has 0 bridgehead atoms. The second-order valence-electron chi connectivity index (χ2n) is 6.97. The SMILES string of the molecule is CC1(C)NC(=O)N(CCCN2CCC[C@H]2c2ccccc2)C1=O. The van der Waals surface area contributed by atoms with Crippen LogP contribution in [0.25, 0.3) is 0 Å². The van der Waals surface area contributed by atoms with E-state index in [9.17, 15) is 9.59 Å². The van der Waals surface area contributed by atoms with E-state index >= 15 is 0 Å². The van der Waals surface area contributed by atoms with Gasteiger partial charge in [0.25, 0.3) is 5.91 Å². The number of nitrogens with zero attached hydrogens (tertiary/aromatic N) is 2. The van der Waals surface area contributed by atoms with Crippen molar-refractivity contribution in [3.05, 3.63) is 35.9 Å². The zero-order valence-corrected chi connectivity index (χ0v) is 13.9. The summed E-state index contributed by atoms with van der Waals surface area (Å²) in [5.41, 5.74) is 0.596. The highest BCUT2D eigenvalue weighted by atomic mass is 16.2. The lowest BCUT2D eigenvalue weighted by Crippen LogP contribution is -2.40. The first-order chi connectivity index (χ1) is 11.0. The fraction of sp³-hybridized carbons (Fsp3) is 0.556. The average molecular weight is 315 g/mol. The molecule has 0 spiro atoms. The van der Waals surface area contributed by atoms with Gasteiger partial charge in [0.15, 0.2) is 0 Å². The molecule has 0 saturated carbocycles. The van der Waals surface area contributed by atoms with Crippen molar-refractivity contribution in [3.8, 4) is 0 Å². The third-order valence-electron chi connectivity index (χ3n) is 4.82. The van der Waals surface area contributed by atoms with E-state index < -0.39 is 5.54 Å². The van der Waals surface area contributed by atoms with Gasteiger partial charge in [-0.25, -0.2) is 4.79 Å². The van der Waals surface area contributed by atoms with E-state index in [0.29, 0.717) is 12.6 Å². The highest BCUT2D eigenvalue weighted by Crippen LogP contribution is 2.31. The van der Waals surface area contributed by atoms with Crippen molar-refractivity contribution in [2.24, 2.45) is 0 Å². The molecular formula is C18H25N3O2. The van der Waals surface area contributed by atoms with Crippen LogP contribution in [0.3, 0.4) is 0 Å². The van der Waals surface area contributed by atoms with Crippen LogP contribution in [-0.4, -0.2) is 46.9 Å². The first kappa shape index (κ1) is 16.0. The Morgan fingerprint density at radius 3 is 2.57 bits per heavy atom. The molecule has 1 N–H and O–H groups in total. The second kappa shape index (κ2) is 6.32. The normalized spacial score (nSPS) is 24.3. The highest BCUT2D eigenvalue weighted by molar-refractivity contribution is 6.06. The molecule has 124 valence electrons. The van der Waals surface area contributed by atoms with Crippen molar-refractivity contribution in [1.82, 2.24) is 15.1 Å². The lowest BCUT2D eigenvalue weighted by molar-refractivity contribution is -0.130. The molecule has 5 nitrogen and oxygen atoms in total. The molecule has 3 rings (SSSR count). The van der Waals surface area contributed by atoms with E-state index in [0.717, 1.165) is 19.5 Å². The van der Waals surface area contributed by atoms with Crippen molar-refractivity contribution < 1.29 is 9.59 Å². The van der Waals surface area contributed by atoms with Crippen LogP contribution in [0.5, 0.6) is 0 Å². The Labute approximate surface area is 137 Å². The van der Waals surface area contributed by atoms with Crippen LogP contribution in [0.15, 0.2) is 30.3 Å². The summed E-state index contributed by atoms with van der Waals surface area (Å²) < 4.78 is 0. The molecule has 3 amide bonds. The number of hydrogen-bond donors (Lipinski definition) is 1. The zero-order valence-electron chi connectivity index (χ0n) is 13.9. The number of amides is 3. The number of hydrogen-bond acceptors (Lipinski definition) is 3. The lowest BCUT2D eigenvalue weighted by atomic mass is 10.0. The van der Waals surface area contributed by atoms with Gasteiger partial charge in [-0.15, -0.1) is 0 Å². The summed E-state index contributed by atoms with van der Waals surface area (Å²) in [6, 6.07) is 10.8. The predicted octanol–water partition coefficient (Wildman–Crippen LogP) is 2.54. The summed E-state index contributed by atoms with van der Waals surface area (Å²) in [4.78, 5) is 27.9. The van der Waals surface area contributed by atoms with Crippen LogP contribution in [0, 0.1) is 0 Å². The van der Waals surface area contributed by atoms with Crippen molar-refractivity contribution in [1.29, 1.82) is 0 Å². The molecule has 1 aromatic rings. The van der Waals surface area contributed by atoms with Gasteiger partial charge >= 0.3 is 6.03 Å². The standard InChI is InChI=1S/C18H25N3O2/c1-18(2)16(22)21(17(23)19-18)13-7-12-20-11-6-10-15(20)14-8-4-3-5-9-14/h3-5,8-9,15H,6-7,10-13H2,1-2H3,(H,19,23)/t15-/m0/s1. The molecule has 2 aliphatic heterocycles. The largest absolute Gasteiger partial charge is 0.325 e. The summed E-state index contributed by atoms with van der Waals surface area (Å²) in [7, 11) is 0. The van der Waals surface area contributed by atoms with Crippen LogP contribution >= 0.6 is 0 Å². The number of imide groups is 1. The quantitative estimate of drug-likeness (QED) is 0.850. The van der Waals surface area contributed by atoms with Crippen molar-refractivity contribution in [2.45, 2.75) is 44.7 Å². The lowest BCUT2D eigenvalue weighted by Gasteiger charge is -2.25. The number of urea groups is 1. The molecular weight excluding hydrogens is 290 g/mol. The Hall–Kier alpha value is -1.88. The summed E-state index contributed by atoms with van der Waals surface area (Å²) in [5, 5.41) is 2.73. The van der Waals surface area contributed by atoms with Gasteiger partial charge in [-0.1, -0.05) is 30.3 Å². The fourth-order valence-electron chi connectivity index (χ4n) is 3.60. The van der Waals surface area contributed by atoms with Crippen LogP contribution in [0.1, 0.15) is 44.7 Å². The predicted molar refractivity (Wildman–Crippen MR) is 88.9 cm³/mol. The Kier molecular flexibility index (Phi) is 4.39. The number of nitrogens with one attached hydrogen (secondary N) is 1. The van der Waals surface area contributed by atoms with Gasteiger partial charge in [0.2, 0.25) is 0 Å². The van der Waals surface area contributed by atoms with Gasteiger partial charge in [0.1, 0.15) is 5.54 Å². The smallest absolute Gasteiger partial charge is 0.324 e. The number of benzene rings is 1. The van der Waals surface area contributed by atoms with Crippen LogP contribution in [-0.2, 0) is 4.79 Å². The number of carbonyl (C=O) groups excluding carboxylic acids is 2. The van der Waals surface area contributed by atoms with Gasteiger partial charge < -0.3 is 5.32 Å². The molecule has 0 aromatic heterocycles. The highest BCUT2D eigenvalue weighted by Gasteiger charge is 2.43. The van der Waals surface area contributed by atoms with Crippen LogP contribution in [0.2, 0.25) is 0 Å². The van der Waals surface area contributed by atoms with Gasteiger partial charge in [-0.05, 0) is 45.2 Å². The first-order valence-corrected chi connectivity index (χ1v) is 8.42. The molecule has 1 aromatic carbocycles. The second-order valence-corrected chi connectivity index (χ2v) is 6.97. The zero-order chi connectivity index (χ0) is 16.4. The van der Waals surface area contributed by atoms with E-state index in [1.165, 1.54) is 23.3 Å². The first-order valence-electron chi connectivity index (χ1n) is 8.42. The number of likely N-dealkylation sites (tertiary alicyclic amines) is 1. The molecule has 2 heterocycles. The van der Waals surface area contributed by atoms with E-state index in [-0.39, 0.29) is 11.9 Å². The maximum atomic E-state index is 12.2. The molecule has 0 aliphatic carbocycles. The fourth-order valence-corrected chi connectivity index (χ4v) is 3.60. The minimum absolute atomic E-state index is 0.122. The van der Waals surface area contributed by atoms with Crippen molar-refractivity contribution >= 4 is 11.9 Å². The molecule has 2 saturated heterocycles. The molecule has 2 fully saturated rings. The molecule has 2 aliphatic rings. The van der Waals surface area contributed by atoms with E-state index in [2.05, 4.69) is 34.5 Å². The third kappa shape index (κ3) is 3.24. The average Bonchev–Trinajstić information content (AvgIpc) is 3.06. The molecule has 5 heteroatoms. The van der Waals surface area contributed by atoms with Crippen LogP contribution < -0.4 is 5.32 Å². The summed E-state index contributed by atoms with van der Waals surface area (Å²) in [6.07, 6.45) is 3.20. The molecule has 0 unspecified atom stereocenters. The van der Waals surface area contributed by atoms with Crippen molar-refractivity contribution in [2.75, 3.05) is 19.6 Å². The number of carbonyl (C=O) groups is 2. The van der Waals surface area contributed by atoms with Crippen molar-refractivity contribution in [3.63, 3.8) is 0 Å². The van der Waals surface area contributed by atoms with Gasteiger partial charge in [-0.2, -0.15) is 0 Å².